The van der Waals surface area contributed by atoms with Gasteiger partial charge in [-0.3, -0.25) is 9.36 Å². The molecule has 3 aromatic rings. The Balaban J connectivity index is 1.71. The van der Waals surface area contributed by atoms with Crippen molar-refractivity contribution >= 4 is 28.4 Å². The zero-order valence-corrected chi connectivity index (χ0v) is 14.3. The number of anilines is 1. The molecule has 2 aromatic carbocycles. The van der Waals surface area contributed by atoms with E-state index in [0.29, 0.717) is 23.4 Å². The van der Waals surface area contributed by atoms with Gasteiger partial charge in [-0.05, 0) is 48.2 Å². The van der Waals surface area contributed by atoms with Gasteiger partial charge in [0.1, 0.15) is 0 Å². The number of rotatable bonds is 4. The first-order chi connectivity index (χ1) is 12.6. The largest absolute Gasteiger partial charge is 0.352 e. The Morgan fingerprint density at radius 1 is 1.08 bits per heavy atom. The van der Waals surface area contributed by atoms with Crippen LogP contribution in [0.1, 0.15) is 29.3 Å². The summed E-state index contributed by atoms with van der Waals surface area (Å²) < 4.78 is 1.44. The van der Waals surface area contributed by atoms with Crippen LogP contribution in [-0.4, -0.2) is 23.1 Å². The van der Waals surface area contributed by atoms with Crippen molar-refractivity contribution in [2.75, 3.05) is 11.9 Å². The van der Waals surface area contributed by atoms with Crippen LogP contribution in [0.5, 0.6) is 0 Å². The van der Waals surface area contributed by atoms with E-state index in [9.17, 15) is 9.59 Å². The van der Waals surface area contributed by atoms with Crippen molar-refractivity contribution in [2.45, 2.75) is 13.3 Å². The molecule has 0 unspecified atom stereocenters. The van der Waals surface area contributed by atoms with E-state index >= 15 is 0 Å². The van der Waals surface area contributed by atoms with Gasteiger partial charge in [0.25, 0.3) is 5.91 Å². The molecule has 2 N–H and O–H groups in total. The maximum Gasteiger partial charge on any atom is 0.329 e. The third-order valence-electron chi connectivity index (χ3n) is 3.94. The molecule has 0 atom stereocenters. The van der Waals surface area contributed by atoms with Crippen LogP contribution >= 0.6 is 0 Å². The molecule has 0 saturated heterocycles. The Labute approximate surface area is 151 Å². The molecule has 0 aliphatic carbocycles. The molecule has 0 bridgehead atoms. The van der Waals surface area contributed by atoms with Crippen LogP contribution in [0.2, 0.25) is 0 Å². The molecular formula is C20H18N4O2. The molecule has 6 nitrogen and oxygen atoms in total. The van der Waals surface area contributed by atoms with Crippen LogP contribution in [0.4, 0.5) is 10.5 Å². The molecule has 2 amide bonds. The topological polar surface area (TPSA) is 86.9 Å². The molecule has 0 fully saturated rings. The number of amides is 2. The Morgan fingerprint density at radius 2 is 1.81 bits per heavy atom. The van der Waals surface area contributed by atoms with Crippen molar-refractivity contribution in [1.29, 1.82) is 5.26 Å². The summed E-state index contributed by atoms with van der Waals surface area (Å²) in [5.41, 5.74) is 1.69. The minimum atomic E-state index is -0.317. The summed E-state index contributed by atoms with van der Waals surface area (Å²) in [6.45, 7) is 2.62. The van der Waals surface area contributed by atoms with Crippen LogP contribution < -0.4 is 10.6 Å². The van der Waals surface area contributed by atoms with E-state index < -0.39 is 0 Å². The average Bonchev–Trinajstić information content (AvgIpc) is 3.10. The molecule has 0 aliphatic heterocycles. The van der Waals surface area contributed by atoms with Crippen LogP contribution in [0, 0.1) is 11.3 Å². The van der Waals surface area contributed by atoms with Gasteiger partial charge in [-0.1, -0.05) is 13.0 Å². The van der Waals surface area contributed by atoms with Gasteiger partial charge in [0.2, 0.25) is 0 Å². The molecule has 0 saturated carbocycles. The molecule has 0 aliphatic rings. The summed E-state index contributed by atoms with van der Waals surface area (Å²) in [6, 6.07) is 13.8. The van der Waals surface area contributed by atoms with Crippen molar-refractivity contribution in [2.24, 2.45) is 0 Å². The summed E-state index contributed by atoms with van der Waals surface area (Å²) >= 11 is 0. The predicted octanol–water partition coefficient (Wildman–Crippen LogP) is 3.73. The van der Waals surface area contributed by atoms with Crippen LogP contribution in [0.25, 0.3) is 10.8 Å². The number of carbonyl (C=O) groups is 2. The maximum absolute atomic E-state index is 12.4. The third kappa shape index (κ3) is 3.73. The van der Waals surface area contributed by atoms with E-state index in [0.717, 1.165) is 17.2 Å². The van der Waals surface area contributed by atoms with E-state index in [1.165, 1.54) is 4.57 Å². The molecule has 26 heavy (non-hydrogen) atoms. The molecular weight excluding hydrogens is 328 g/mol. The number of carbonyl (C=O) groups excluding carboxylic acids is 2. The fourth-order valence-electron chi connectivity index (χ4n) is 2.56. The van der Waals surface area contributed by atoms with Crippen molar-refractivity contribution in [3.8, 4) is 6.07 Å². The molecule has 0 spiro atoms. The monoisotopic (exact) mass is 346 g/mol. The molecule has 1 heterocycles. The van der Waals surface area contributed by atoms with E-state index in [4.69, 9.17) is 5.26 Å². The standard InChI is InChI=1S/C20H18N4O2/c1-2-9-22-19(25)15-5-7-18(8-6-15)23-20(26)24-12-16-4-3-14(11-21)10-17(16)13-24/h3-8,10,12-13H,2,9H2,1H3,(H,22,25)(H,23,26). The highest BCUT2D eigenvalue weighted by atomic mass is 16.2. The first-order valence-electron chi connectivity index (χ1n) is 8.32. The molecule has 1 aromatic heterocycles. The zero-order chi connectivity index (χ0) is 18.5. The van der Waals surface area contributed by atoms with Crippen molar-refractivity contribution in [3.05, 3.63) is 66.0 Å². The Bertz CT molecular complexity index is 997. The molecule has 6 heteroatoms. The predicted molar refractivity (Wildman–Crippen MR) is 100 cm³/mol. The lowest BCUT2D eigenvalue weighted by molar-refractivity contribution is 0.0953. The van der Waals surface area contributed by atoms with Gasteiger partial charge < -0.3 is 10.6 Å². The fourth-order valence-corrected chi connectivity index (χ4v) is 2.56. The number of fused-ring (bicyclic) bond motifs is 1. The van der Waals surface area contributed by atoms with Crippen LogP contribution in [-0.2, 0) is 0 Å². The van der Waals surface area contributed by atoms with Crippen LogP contribution in [0.15, 0.2) is 54.9 Å². The minimum Gasteiger partial charge on any atom is -0.352 e. The van der Waals surface area contributed by atoms with E-state index in [-0.39, 0.29) is 11.9 Å². The van der Waals surface area contributed by atoms with E-state index in [2.05, 4.69) is 16.7 Å². The lowest BCUT2D eigenvalue weighted by Crippen LogP contribution is -2.24. The Kier molecular flexibility index (Phi) is 4.99. The molecule has 130 valence electrons. The van der Waals surface area contributed by atoms with E-state index in [1.54, 1.807) is 54.9 Å². The smallest absolute Gasteiger partial charge is 0.329 e. The number of hydrogen-bond acceptors (Lipinski definition) is 3. The zero-order valence-electron chi connectivity index (χ0n) is 14.3. The summed E-state index contributed by atoms with van der Waals surface area (Å²) in [5, 5.41) is 16.2. The van der Waals surface area contributed by atoms with Gasteiger partial charge in [-0.15, -0.1) is 0 Å². The van der Waals surface area contributed by atoms with Crippen molar-refractivity contribution < 1.29 is 9.59 Å². The van der Waals surface area contributed by atoms with Crippen molar-refractivity contribution in [1.82, 2.24) is 9.88 Å². The minimum absolute atomic E-state index is 0.130. The third-order valence-corrected chi connectivity index (χ3v) is 3.94. The second kappa shape index (κ2) is 7.53. The summed E-state index contributed by atoms with van der Waals surface area (Å²) in [4.78, 5) is 24.3. The van der Waals surface area contributed by atoms with Gasteiger partial charge in [0, 0.05) is 35.6 Å². The summed E-state index contributed by atoms with van der Waals surface area (Å²) in [6.07, 6.45) is 4.26. The number of benzene rings is 2. The number of aromatic nitrogens is 1. The molecule has 3 rings (SSSR count). The van der Waals surface area contributed by atoms with Crippen molar-refractivity contribution in [3.63, 3.8) is 0 Å². The average molecular weight is 346 g/mol. The van der Waals surface area contributed by atoms with Gasteiger partial charge in [-0.2, -0.15) is 5.26 Å². The van der Waals surface area contributed by atoms with Gasteiger partial charge in [-0.25, -0.2) is 4.79 Å². The van der Waals surface area contributed by atoms with Gasteiger partial charge >= 0.3 is 6.03 Å². The maximum atomic E-state index is 12.4. The highest BCUT2D eigenvalue weighted by Crippen LogP contribution is 2.18. The Hall–Kier alpha value is -3.59. The lowest BCUT2D eigenvalue weighted by Gasteiger charge is -2.07. The number of nitriles is 1. The highest BCUT2D eigenvalue weighted by Gasteiger charge is 2.09. The quantitative estimate of drug-likeness (QED) is 0.754. The number of nitrogens with zero attached hydrogens (tertiary/aromatic N) is 2. The highest BCUT2D eigenvalue weighted by molar-refractivity contribution is 5.97. The first-order valence-corrected chi connectivity index (χ1v) is 8.32. The van der Waals surface area contributed by atoms with E-state index in [1.807, 2.05) is 6.92 Å². The van der Waals surface area contributed by atoms with Gasteiger partial charge in [0.15, 0.2) is 0 Å². The lowest BCUT2D eigenvalue weighted by atomic mass is 10.1. The fraction of sp³-hybridized carbons (Fsp3) is 0.150. The number of nitrogens with one attached hydrogen (secondary N) is 2. The summed E-state index contributed by atoms with van der Waals surface area (Å²) in [7, 11) is 0. The van der Waals surface area contributed by atoms with Crippen LogP contribution in [0.3, 0.4) is 0 Å². The second-order valence-electron chi connectivity index (χ2n) is 5.88. The Morgan fingerprint density at radius 3 is 2.50 bits per heavy atom. The second-order valence-corrected chi connectivity index (χ2v) is 5.88. The normalized spacial score (nSPS) is 10.3. The first kappa shape index (κ1) is 17.2. The summed E-state index contributed by atoms with van der Waals surface area (Å²) in [5.74, 6) is -0.130. The SMILES string of the molecule is CCCNC(=O)c1ccc(NC(=O)n2cc3ccc(C#N)cc3c2)cc1. The molecule has 0 radical (unpaired) electrons. The number of hydrogen-bond donors (Lipinski definition) is 2. The van der Waals surface area contributed by atoms with Gasteiger partial charge in [0.05, 0.1) is 11.6 Å².